The third-order valence-electron chi connectivity index (χ3n) is 2.04. The van der Waals surface area contributed by atoms with Crippen molar-refractivity contribution >= 4 is 11.6 Å². The van der Waals surface area contributed by atoms with Crippen molar-refractivity contribution < 1.29 is 22.7 Å². The average Bonchev–Trinajstić information content (AvgIpc) is 2.26. The molecule has 0 aliphatic heterocycles. The SMILES string of the molecule is CCNC(=O)COc1ccc(N)cc1C(F)(F)F. The fourth-order valence-electron chi connectivity index (χ4n) is 1.29. The number of carbonyl (C=O) groups excluding carboxylic acids is 1. The highest BCUT2D eigenvalue weighted by Crippen LogP contribution is 2.37. The lowest BCUT2D eigenvalue weighted by Crippen LogP contribution is -2.28. The Morgan fingerprint density at radius 1 is 1.44 bits per heavy atom. The van der Waals surface area contributed by atoms with Gasteiger partial charge in [0.25, 0.3) is 5.91 Å². The number of nitrogen functional groups attached to an aromatic ring is 1. The minimum Gasteiger partial charge on any atom is -0.483 e. The topological polar surface area (TPSA) is 64.3 Å². The van der Waals surface area contributed by atoms with Crippen LogP contribution in [0.2, 0.25) is 0 Å². The first-order valence-electron chi connectivity index (χ1n) is 5.20. The molecule has 1 amide bonds. The molecular weight excluding hydrogens is 249 g/mol. The molecule has 0 spiro atoms. The molecule has 1 rings (SSSR count). The number of alkyl halides is 3. The normalized spacial score (nSPS) is 11.1. The Hall–Kier alpha value is -1.92. The summed E-state index contributed by atoms with van der Waals surface area (Å²) in [6, 6.07) is 3.15. The van der Waals surface area contributed by atoms with Gasteiger partial charge in [0.1, 0.15) is 5.75 Å². The van der Waals surface area contributed by atoms with E-state index in [1.54, 1.807) is 6.92 Å². The molecule has 4 nitrogen and oxygen atoms in total. The number of anilines is 1. The Bertz CT molecular complexity index is 433. The molecule has 0 aliphatic carbocycles. The first-order valence-corrected chi connectivity index (χ1v) is 5.20. The number of amides is 1. The summed E-state index contributed by atoms with van der Waals surface area (Å²) in [6.07, 6.45) is -4.58. The molecule has 7 heteroatoms. The van der Waals surface area contributed by atoms with Crippen LogP contribution in [0.1, 0.15) is 12.5 Å². The summed E-state index contributed by atoms with van der Waals surface area (Å²) in [5, 5.41) is 2.42. The predicted molar refractivity (Wildman–Crippen MR) is 60.0 cm³/mol. The molecule has 1 aromatic carbocycles. The quantitative estimate of drug-likeness (QED) is 0.813. The van der Waals surface area contributed by atoms with Crippen LogP contribution >= 0.6 is 0 Å². The Kier molecular flexibility index (Phi) is 4.41. The van der Waals surface area contributed by atoms with Gasteiger partial charge in [0.2, 0.25) is 0 Å². The minimum atomic E-state index is -4.58. The van der Waals surface area contributed by atoms with E-state index in [4.69, 9.17) is 10.5 Å². The van der Waals surface area contributed by atoms with E-state index in [1.165, 1.54) is 6.07 Å². The minimum absolute atomic E-state index is 0.0207. The number of benzene rings is 1. The summed E-state index contributed by atoms with van der Waals surface area (Å²) in [5.74, 6) is -0.898. The number of halogens is 3. The van der Waals surface area contributed by atoms with Crippen molar-refractivity contribution in [3.63, 3.8) is 0 Å². The zero-order valence-corrected chi connectivity index (χ0v) is 9.67. The zero-order valence-electron chi connectivity index (χ0n) is 9.67. The number of likely N-dealkylation sites (N-methyl/N-ethyl adjacent to an activating group) is 1. The van der Waals surface area contributed by atoms with Gasteiger partial charge in [-0.2, -0.15) is 13.2 Å². The molecule has 0 bridgehead atoms. The highest BCUT2D eigenvalue weighted by molar-refractivity contribution is 5.77. The maximum absolute atomic E-state index is 12.7. The summed E-state index contributed by atoms with van der Waals surface area (Å²) in [5.41, 5.74) is 4.28. The van der Waals surface area contributed by atoms with Gasteiger partial charge in [0, 0.05) is 12.2 Å². The monoisotopic (exact) mass is 262 g/mol. The largest absolute Gasteiger partial charge is 0.483 e. The molecule has 0 saturated carbocycles. The Morgan fingerprint density at radius 2 is 2.11 bits per heavy atom. The van der Waals surface area contributed by atoms with Gasteiger partial charge in [0.05, 0.1) is 5.56 Å². The van der Waals surface area contributed by atoms with Gasteiger partial charge >= 0.3 is 6.18 Å². The van der Waals surface area contributed by atoms with Crippen LogP contribution in [0.4, 0.5) is 18.9 Å². The molecule has 18 heavy (non-hydrogen) atoms. The highest BCUT2D eigenvalue weighted by atomic mass is 19.4. The Balaban J connectivity index is 2.85. The highest BCUT2D eigenvalue weighted by Gasteiger charge is 2.34. The number of hydrogen-bond acceptors (Lipinski definition) is 3. The molecule has 0 aliphatic rings. The molecule has 0 aromatic heterocycles. The van der Waals surface area contributed by atoms with Crippen molar-refractivity contribution in [2.75, 3.05) is 18.9 Å². The molecule has 3 N–H and O–H groups in total. The maximum Gasteiger partial charge on any atom is 0.420 e. The summed E-state index contributed by atoms with van der Waals surface area (Å²) in [7, 11) is 0. The number of nitrogens with one attached hydrogen (secondary N) is 1. The van der Waals surface area contributed by atoms with Crippen LogP contribution in [-0.4, -0.2) is 19.1 Å². The molecule has 0 radical (unpaired) electrons. The van der Waals surface area contributed by atoms with E-state index in [-0.39, 0.29) is 5.69 Å². The number of nitrogens with two attached hydrogens (primary N) is 1. The fraction of sp³-hybridized carbons (Fsp3) is 0.364. The maximum atomic E-state index is 12.7. The Labute approximate surface area is 102 Å². The average molecular weight is 262 g/mol. The van der Waals surface area contributed by atoms with Gasteiger partial charge in [-0.3, -0.25) is 4.79 Å². The van der Waals surface area contributed by atoms with Crippen molar-refractivity contribution in [3.8, 4) is 5.75 Å². The van der Waals surface area contributed by atoms with Crippen molar-refractivity contribution in [3.05, 3.63) is 23.8 Å². The van der Waals surface area contributed by atoms with Gasteiger partial charge in [-0.25, -0.2) is 0 Å². The van der Waals surface area contributed by atoms with Crippen LogP contribution in [0.25, 0.3) is 0 Å². The number of rotatable bonds is 4. The zero-order chi connectivity index (χ0) is 13.8. The van der Waals surface area contributed by atoms with E-state index in [9.17, 15) is 18.0 Å². The second-order valence-corrected chi connectivity index (χ2v) is 3.50. The molecule has 0 fully saturated rings. The number of ether oxygens (including phenoxy) is 1. The Morgan fingerprint density at radius 3 is 2.67 bits per heavy atom. The number of hydrogen-bond donors (Lipinski definition) is 2. The summed E-state index contributed by atoms with van der Waals surface area (Å²) in [4.78, 5) is 11.1. The van der Waals surface area contributed by atoms with Gasteiger partial charge in [-0.15, -0.1) is 0 Å². The van der Waals surface area contributed by atoms with Crippen LogP contribution in [0.5, 0.6) is 5.75 Å². The molecule has 0 unspecified atom stereocenters. The van der Waals surface area contributed by atoms with Gasteiger partial charge in [-0.05, 0) is 25.1 Å². The molecule has 100 valence electrons. The van der Waals surface area contributed by atoms with E-state index >= 15 is 0 Å². The van der Waals surface area contributed by atoms with Crippen LogP contribution in [0, 0.1) is 0 Å². The van der Waals surface area contributed by atoms with E-state index < -0.39 is 30.0 Å². The second kappa shape index (κ2) is 5.61. The van der Waals surface area contributed by atoms with E-state index in [2.05, 4.69) is 5.32 Å². The molecule has 0 heterocycles. The second-order valence-electron chi connectivity index (χ2n) is 3.50. The third kappa shape index (κ3) is 3.83. The summed E-state index contributed by atoms with van der Waals surface area (Å²) < 4.78 is 42.8. The van der Waals surface area contributed by atoms with Crippen LogP contribution in [-0.2, 0) is 11.0 Å². The fourth-order valence-corrected chi connectivity index (χ4v) is 1.29. The first kappa shape index (κ1) is 14.1. The van der Waals surface area contributed by atoms with Crippen molar-refractivity contribution in [1.29, 1.82) is 0 Å². The van der Waals surface area contributed by atoms with Gasteiger partial charge < -0.3 is 15.8 Å². The van der Waals surface area contributed by atoms with Gasteiger partial charge in [0.15, 0.2) is 6.61 Å². The molecule has 0 saturated heterocycles. The standard InChI is InChI=1S/C11H13F3N2O2/c1-2-16-10(17)6-18-9-4-3-7(15)5-8(9)11(12,13)14/h3-5H,2,6,15H2,1H3,(H,16,17). The lowest BCUT2D eigenvalue weighted by Gasteiger charge is -2.14. The lowest BCUT2D eigenvalue weighted by molar-refractivity contribution is -0.139. The first-order chi connectivity index (χ1) is 8.34. The van der Waals surface area contributed by atoms with Crippen molar-refractivity contribution in [2.24, 2.45) is 0 Å². The predicted octanol–water partition coefficient (Wildman–Crippen LogP) is 1.80. The van der Waals surface area contributed by atoms with Crippen molar-refractivity contribution in [1.82, 2.24) is 5.32 Å². The molecule has 0 atom stereocenters. The third-order valence-corrected chi connectivity index (χ3v) is 2.04. The number of carbonyl (C=O) groups is 1. The van der Waals surface area contributed by atoms with E-state index in [1.807, 2.05) is 0 Å². The van der Waals surface area contributed by atoms with Gasteiger partial charge in [-0.1, -0.05) is 0 Å². The van der Waals surface area contributed by atoms with E-state index in [0.717, 1.165) is 12.1 Å². The van der Waals surface area contributed by atoms with Crippen LogP contribution in [0.15, 0.2) is 18.2 Å². The van der Waals surface area contributed by atoms with Crippen molar-refractivity contribution in [2.45, 2.75) is 13.1 Å². The lowest BCUT2D eigenvalue weighted by atomic mass is 10.1. The molecular formula is C11H13F3N2O2. The van der Waals surface area contributed by atoms with Crippen LogP contribution < -0.4 is 15.8 Å². The van der Waals surface area contributed by atoms with Crippen LogP contribution in [0.3, 0.4) is 0 Å². The smallest absolute Gasteiger partial charge is 0.420 e. The summed E-state index contributed by atoms with van der Waals surface area (Å²) >= 11 is 0. The molecule has 1 aromatic rings. The van der Waals surface area contributed by atoms with E-state index in [0.29, 0.717) is 6.54 Å². The summed E-state index contributed by atoms with van der Waals surface area (Å²) in [6.45, 7) is 1.61.